The zero-order valence-electron chi connectivity index (χ0n) is 8.66. The summed E-state index contributed by atoms with van der Waals surface area (Å²) < 4.78 is 0. The van der Waals surface area contributed by atoms with E-state index in [0.717, 1.165) is 19.3 Å². The van der Waals surface area contributed by atoms with Crippen LogP contribution in [0, 0.1) is 0 Å². The fourth-order valence-corrected chi connectivity index (χ4v) is 1.21. The van der Waals surface area contributed by atoms with Crippen molar-refractivity contribution < 1.29 is 4.79 Å². The lowest BCUT2D eigenvalue weighted by Gasteiger charge is -2.02. The predicted octanol–water partition coefficient (Wildman–Crippen LogP) is 2.05. The molecule has 0 fully saturated rings. The Kier molecular flexibility index (Phi) is 5.04. The number of nitrogens with zero attached hydrogens (tertiary/aromatic N) is 2. The number of aromatic nitrogens is 2. The van der Waals surface area contributed by atoms with Gasteiger partial charge in [0.05, 0.1) is 0 Å². The van der Waals surface area contributed by atoms with E-state index in [1.807, 2.05) is 0 Å². The van der Waals surface area contributed by atoms with Gasteiger partial charge in [0.2, 0.25) is 0 Å². The Bertz CT molecular complexity index is 313. The van der Waals surface area contributed by atoms with Gasteiger partial charge in [-0.1, -0.05) is 31.4 Å². The third-order valence-electron chi connectivity index (χ3n) is 1.93. The molecule has 0 unspecified atom stereocenters. The van der Waals surface area contributed by atoms with Gasteiger partial charge in [0.1, 0.15) is 0 Å². The molecule has 4 nitrogen and oxygen atoms in total. The van der Waals surface area contributed by atoms with Gasteiger partial charge in [-0.25, -0.2) is 0 Å². The number of halogens is 1. The minimum atomic E-state index is -0.199. The fourth-order valence-electron chi connectivity index (χ4n) is 1.10. The van der Waals surface area contributed by atoms with Crippen LogP contribution in [0.4, 0.5) is 0 Å². The van der Waals surface area contributed by atoms with E-state index in [-0.39, 0.29) is 11.1 Å². The van der Waals surface area contributed by atoms with Gasteiger partial charge in [0, 0.05) is 6.54 Å². The number of carbonyl (C=O) groups is 1. The van der Waals surface area contributed by atoms with Crippen LogP contribution in [-0.4, -0.2) is 22.6 Å². The Balaban J connectivity index is 2.37. The van der Waals surface area contributed by atoms with Crippen molar-refractivity contribution in [2.24, 2.45) is 0 Å². The van der Waals surface area contributed by atoms with E-state index in [1.165, 1.54) is 0 Å². The van der Waals surface area contributed by atoms with Gasteiger partial charge < -0.3 is 5.32 Å². The molecule has 82 valence electrons. The van der Waals surface area contributed by atoms with Crippen molar-refractivity contribution in [2.45, 2.75) is 26.2 Å². The number of unbranched alkanes of at least 4 members (excludes halogenated alkanes) is 2. The molecule has 0 spiro atoms. The van der Waals surface area contributed by atoms with Crippen molar-refractivity contribution in [1.29, 1.82) is 0 Å². The molecular formula is C10H14ClN3O. The average molecular weight is 228 g/mol. The standard InChI is InChI=1S/C10H14ClN3O/c1-2-3-4-7-12-10(15)8-5-6-9(11)14-13-8/h5-6H,2-4,7H2,1H3,(H,12,15). The summed E-state index contributed by atoms with van der Waals surface area (Å²) in [5, 5.41) is 10.3. The molecule has 1 N–H and O–H groups in total. The molecule has 1 amide bonds. The Labute approximate surface area is 94.0 Å². The summed E-state index contributed by atoms with van der Waals surface area (Å²) in [6.45, 7) is 2.80. The van der Waals surface area contributed by atoms with E-state index in [4.69, 9.17) is 11.6 Å². The van der Waals surface area contributed by atoms with Crippen LogP contribution < -0.4 is 5.32 Å². The normalized spacial score (nSPS) is 10.0. The van der Waals surface area contributed by atoms with Crippen LogP contribution in [0.5, 0.6) is 0 Å². The van der Waals surface area contributed by atoms with Crippen molar-refractivity contribution in [1.82, 2.24) is 15.5 Å². The molecule has 0 aromatic carbocycles. The van der Waals surface area contributed by atoms with Gasteiger partial charge >= 0.3 is 0 Å². The van der Waals surface area contributed by atoms with Crippen molar-refractivity contribution in [3.8, 4) is 0 Å². The SMILES string of the molecule is CCCCCNC(=O)c1ccc(Cl)nn1. The summed E-state index contributed by atoms with van der Waals surface area (Å²) in [6.07, 6.45) is 3.24. The summed E-state index contributed by atoms with van der Waals surface area (Å²) in [4.78, 5) is 11.5. The molecule has 1 aromatic rings. The van der Waals surface area contributed by atoms with Gasteiger partial charge in [-0.3, -0.25) is 4.79 Å². The number of hydrogen-bond donors (Lipinski definition) is 1. The lowest BCUT2D eigenvalue weighted by molar-refractivity contribution is 0.0947. The molecule has 0 saturated heterocycles. The molecule has 1 heterocycles. The molecule has 5 heteroatoms. The van der Waals surface area contributed by atoms with Crippen LogP contribution in [0.3, 0.4) is 0 Å². The highest BCUT2D eigenvalue weighted by atomic mass is 35.5. The molecule has 1 rings (SSSR count). The quantitative estimate of drug-likeness (QED) is 0.784. The maximum absolute atomic E-state index is 11.5. The molecule has 0 atom stereocenters. The minimum absolute atomic E-state index is 0.199. The highest BCUT2D eigenvalue weighted by molar-refractivity contribution is 6.29. The van der Waals surface area contributed by atoms with Crippen molar-refractivity contribution >= 4 is 17.5 Å². The lowest BCUT2D eigenvalue weighted by atomic mass is 10.2. The summed E-state index contributed by atoms with van der Waals surface area (Å²) in [7, 11) is 0. The highest BCUT2D eigenvalue weighted by Gasteiger charge is 2.06. The van der Waals surface area contributed by atoms with Crippen LogP contribution >= 0.6 is 11.6 Å². The first-order chi connectivity index (χ1) is 7.24. The second kappa shape index (κ2) is 6.35. The molecule has 0 radical (unpaired) electrons. The van der Waals surface area contributed by atoms with Gasteiger partial charge in [-0.2, -0.15) is 0 Å². The van der Waals surface area contributed by atoms with E-state index in [1.54, 1.807) is 12.1 Å². The molecule has 0 saturated carbocycles. The monoisotopic (exact) mass is 227 g/mol. The van der Waals surface area contributed by atoms with E-state index in [2.05, 4.69) is 22.4 Å². The smallest absolute Gasteiger partial charge is 0.271 e. The third kappa shape index (κ3) is 4.25. The Morgan fingerprint density at radius 3 is 2.80 bits per heavy atom. The first-order valence-electron chi connectivity index (χ1n) is 5.01. The molecule has 0 aliphatic rings. The predicted molar refractivity (Wildman–Crippen MR) is 58.9 cm³/mol. The number of nitrogens with one attached hydrogen (secondary N) is 1. The summed E-state index contributed by atoms with van der Waals surface area (Å²) >= 11 is 5.56. The average Bonchev–Trinajstić information content (AvgIpc) is 2.25. The largest absolute Gasteiger partial charge is 0.351 e. The van der Waals surface area contributed by atoms with E-state index < -0.39 is 0 Å². The maximum Gasteiger partial charge on any atom is 0.271 e. The van der Waals surface area contributed by atoms with Crippen molar-refractivity contribution in [3.63, 3.8) is 0 Å². The second-order valence-electron chi connectivity index (χ2n) is 3.20. The van der Waals surface area contributed by atoms with Gasteiger partial charge in [0.25, 0.3) is 5.91 Å². The first kappa shape index (κ1) is 11.9. The summed E-state index contributed by atoms with van der Waals surface area (Å²) in [5.41, 5.74) is 0.302. The van der Waals surface area contributed by atoms with E-state index in [9.17, 15) is 4.79 Å². The number of rotatable bonds is 5. The Morgan fingerprint density at radius 2 is 2.20 bits per heavy atom. The van der Waals surface area contributed by atoms with Crippen LogP contribution in [0.25, 0.3) is 0 Å². The van der Waals surface area contributed by atoms with Crippen LogP contribution in [0.2, 0.25) is 5.15 Å². The van der Waals surface area contributed by atoms with Crippen LogP contribution in [0.1, 0.15) is 36.7 Å². The molecular weight excluding hydrogens is 214 g/mol. The van der Waals surface area contributed by atoms with Crippen molar-refractivity contribution in [3.05, 3.63) is 23.0 Å². The Morgan fingerprint density at radius 1 is 1.40 bits per heavy atom. The van der Waals surface area contributed by atoms with Gasteiger partial charge in [-0.15, -0.1) is 10.2 Å². The van der Waals surface area contributed by atoms with Gasteiger partial charge in [0.15, 0.2) is 10.8 Å². The molecule has 15 heavy (non-hydrogen) atoms. The zero-order valence-corrected chi connectivity index (χ0v) is 9.42. The van der Waals surface area contributed by atoms with E-state index in [0.29, 0.717) is 12.2 Å². The zero-order chi connectivity index (χ0) is 11.1. The van der Waals surface area contributed by atoms with Gasteiger partial charge in [-0.05, 0) is 18.6 Å². The summed E-state index contributed by atoms with van der Waals surface area (Å²) in [6, 6.07) is 3.11. The van der Waals surface area contributed by atoms with E-state index >= 15 is 0 Å². The maximum atomic E-state index is 11.5. The first-order valence-corrected chi connectivity index (χ1v) is 5.39. The third-order valence-corrected chi connectivity index (χ3v) is 2.13. The van der Waals surface area contributed by atoms with Crippen LogP contribution in [0.15, 0.2) is 12.1 Å². The second-order valence-corrected chi connectivity index (χ2v) is 3.59. The molecule has 0 aliphatic carbocycles. The van der Waals surface area contributed by atoms with Crippen molar-refractivity contribution in [2.75, 3.05) is 6.54 Å². The number of amides is 1. The van der Waals surface area contributed by atoms with Crippen LogP contribution in [-0.2, 0) is 0 Å². The Hall–Kier alpha value is -1.16. The lowest BCUT2D eigenvalue weighted by Crippen LogP contribution is -2.25. The molecule has 0 bridgehead atoms. The highest BCUT2D eigenvalue weighted by Crippen LogP contribution is 2.02. The molecule has 0 aliphatic heterocycles. The number of hydrogen-bond acceptors (Lipinski definition) is 3. The minimum Gasteiger partial charge on any atom is -0.351 e. The molecule has 1 aromatic heterocycles. The number of carbonyl (C=O) groups excluding carboxylic acids is 1. The fraction of sp³-hybridized carbons (Fsp3) is 0.500. The summed E-state index contributed by atoms with van der Waals surface area (Å²) in [5.74, 6) is -0.199. The topological polar surface area (TPSA) is 54.9 Å².